The number of methoxy groups -OCH3 is 1. The number of rotatable bonds is 7. The summed E-state index contributed by atoms with van der Waals surface area (Å²) >= 11 is 5.88. The Hall–Kier alpha value is -2.86. The van der Waals surface area contributed by atoms with Crippen molar-refractivity contribution in [3.8, 4) is 5.75 Å². The lowest BCUT2D eigenvalue weighted by molar-refractivity contribution is -0.136. The quantitative estimate of drug-likeness (QED) is 0.580. The van der Waals surface area contributed by atoms with E-state index in [4.69, 9.17) is 21.4 Å². The second kappa shape index (κ2) is 9.01. The van der Waals surface area contributed by atoms with E-state index in [1.165, 1.54) is 5.01 Å². The van der Waals surface area contributed by atoms with E-state index in [9.17, 15) is 9.59 Å². The summed E-state index contributed by atoms with van der Waals surface area (Å²) in [6.45, 7) is 1.69. The van der Waals surface area contributed by atoms with E-state index in [0.717, 1.165) is 0 Å². The van der Waals surface area contributed by atoms with Crippen LogP contribution >= 0.6 is 11.6 Å². The predicted molar refractivity (Wildman–Crippen MR) is 101 cm³/mol. The first-order valence-corrected chi connectivity index (χ1v) is 8.28. The molecule has 0 unspecified atom stereocenters. The van der Waals surface area contributed by atoms with Gasteiger partial charge in [-0.3, -0.25) is 9.59 Å². The molecule has 0 heterocycles. The third kappa shape index (κ3) is 5.32. The number of amides is 1. The zero-order valence-corrected chi connectivity index (χ0v) is 15.2. The molecule has 0 aliphatic heterocycles. The van der Waals surface area contributed by atoms with Gasteiger partial charge in [-0.05, 0) is 61.9 Å². The SMILES string of the molecule is COc1ccc(N(/N=C(\C)CCC(=O)O)C(=O)c2ccc(Cl)cc2)cc1. The highest BCUT2D eigenvalue weighted by Gasteiger charge is 2.18. The maximum Gasteiger partial charge on any atom is 0.303 e. The first-order chi connectivity index (χ1) is 12.4. The molecule has 0 atom stereocenters. The van der Waals surface area contributed by atoms with Crippen LogP contribution in [0, 0.1) is 0 Å². The average Bonchev–Trinajstić information content (AvgIpc) is 2.64. The first-order valence-electron chi connectivity index (χ1n) is 7.90. The maximum absolute atomic E-state index is 12.9. The number of carboxylic acids is 1. The summed E-state index contributed by atoms with van der Waals surface area (Å²) < 4.78 is 5.13. The topological polar surface area (TPSA) is 79.2 Å². The second-order valence-electron chi connectivity index (χ2n) is 5.55. The summed E-state index contributed by atoms with van der Waals surface area (Å²) in [5, 5.41) is 14.9. The number of carbonyl (C=O) groups is 2. The molecule has 1 N–H and O–H groups in total. The molecule has 0 saturated carbocycles. The van der Waals surface area contributed by atoms with Gasteiger partial charge in [0, 0.05) is 16.3 Å². The molecule has 0 spiro atoms. The van der Waals surface area contributed by atoms with Gasteiger partial charge in [0.15, 0.2) is 0 Å². The molecule has 0 saturated heterocycles. The number of hydrogen-bond acceptors (Lipinski definition) is 4. The van der Waals surface area contributed by atoms with Gasteiger partial charge in [0.25, 0.3) is 5.91 Å². The zero-order chi connectivity index (χ0) is 19.1. The highest BCUT2D eigenvalue weighted by molar-refractivity contribution is 6.30. The third-order valence-electron chi connectivity index (χ3n) is 3.57. The molecule has 136 valence electrons. The molecule has 0 fully saturated rings. The Bertz CT molecular complexity index is 801. The number of anilines is 1. The molecular weight excluding hydrogens is 356 g/mol. The van der Waals surface area contributed by atoms with Crippen LogP contribution in [0.2, 0.25) is 5.02 Å². The van der Waals surface area contributed by atoms with Crippen LogP contribution in [0.5, 0.6) is 5.75 Å². The van der Waals surface area contributed by atoms with Gasteiger partial charge >= 0.3 is 5.97 Å². The van der Waals surface area contributed by atoms with Crippen molar-refractivity contribution in [2.45, 2.75) is 19.8 Å². The van der Waals surface area contributed by atoms with Crippen LogP contribution < -0.4 is 9.75 Å². The summed E-state index contributed by atoms with van der Waals surface area (Å²) in [6.07, 6.45) is 0.191. The van der Waals surface area contributed by atoms with Crippen molar-refractivity contribution < 1.29 is 19.4 Å². The lowest BCUT2D eigenvalue weighted by atomic mass is 10.2. The highest BCUT2D eigenvalue weighted by atomic mass is 35.5. The molecular formula is C19H19ClN2O4. The second-order valence-corrected chi connectivity index (χ2v) is 5.99. The Morgan fingerprint density at radius 1 is 1.08 bits per heavy atom. The fraction of sp³-hybridized carbons (Fsp3) is 0.211. The zero-order valence-electron chi connectivity index (χ0n) is 14.5. The number of halogens is 1. The van der Waals surface area contributed by atoms with Crippen LogP contribution in [0.4, 0.5) is 5.69 Å². The van der Waals surface area contributed by atoms with Crippen molar-refractivity contribution in [1.82, 2.24) is 0 Å². The normalized spacial score (nSPS) is 11.1. The molecule has 26 heavy (non-hydrogen) atoms. The minimum Gasteiger partial charge on any atom is -0.497 e. The van der Waals surface area contributed by atoms with E-state index >= 15 is 0 Å². The van der Waals surface area contributed by atoms with Crippen LogP contribution in [-0.4, -0.2) is 29.8 Å². The van der Waals surface area contributed by atoms with Gasteiger partial charge in [-0.25, -0.2) is 0 Å². The Labute approximate surface area is 156 Å². The van der Waals surface area contributed by atoms with Gasteiger partial charge in [0.05, 0.1) is 19.2 Å². The van der Waals surface area contributed by atoms with Gasteiger partial charge in [-0.15, -0.1) is 0 Å². The van der Waals surface area contributed by atoms with E-state index in [-0.39, 0.29) is 18.7 Å². The van der Waals surface area contributed by atoms with Crippen LogP contribution in [-0.2, 0) is 4.79 Å². The Morgan fingerprint density at radius 3 is 2.23 bits per heavy atom. The minimum atomic E-state index is -0.917. The molecule has 0 bridgehead atoms. The van der Waals surface area contributed by atoms with Crippen molar-refractivity contribution in [2.75, 3.05) is 12.1 Å². The number of carboxylic acid groups (broad SMARTS) is 1. The number of nitrogens with zero attached hydrogens (tertiary/aromatic N) is 2. The van der Waals surface area contributed by atoms with E-state index in [1.54, 1.807) is 62.6 Å². The number of ether oxygens (including phenoxy) is 1. The van der Waals surface area contributed by atoms with Crippen molar-refractivity contribution in [3.05, 3.63) is 59.1 Å². The van der Waals surface area contributed by atoms with Gasteiger partial charge < -0.3 is 9.84 Å². The van der Waals surface area contributed by atoms with Crippen molar-refractivity contribution >= 4 is 34.9 Å². The summed E-state index contributed by atoms with van der Waals surface area (Å²) in [4.78, 5) is 23.7. The Kier molecular flexibility index (Phi) is 6.74. The molecule has 2 rings (SSSR count). The van der Waals surface area contributed by atoms with E-state index in [1.807, 2.05) is 0 Å². The average molecular weight is 375 g/mol. The standard InChI is InChI=1S/C19H19ClN2O4/c1-13(3-12-18(23)24)21-22(16-8-10-17(26-2)11-9-16)19(25)14-4-6-15(20)7-5-14/h4-11H,3,12H2,1-2H3,(H,23,24)/b21-13+. The van der Waals surface area contributed by atoms with Crippen LogP contribution in [0.25, 0.3) is 0 Å². The van der Waals surface area contributed by atoms with Crippen LogP contribution in [0.1, 0.15) is 30.1 Å². The summed E-state index contributed by atoms with van der Waals surface area (Å²) in [5.74, 6) is -0.611. The largest absolute Gasteiger partial charge is 0.497 e. The third-order valence-corrected chi connectivity index (χ3v) is 3.82. The summed E-state index contributed by atoms with van der Waals surface area (Å²) in [6, 6.07) is 13.3. The Balaban J connectivity index is 2.36. The molecule has 0 radical (unpaired) electrons. The van der Waals surface area contributed by atoms with Crippen LogP contribution in [0.15, 0.2) is 53.6 Å². The molecule has 0 aliphatic rings. The van der Waals surface area contributed by atoms with Crippen molar-refractivity contribution in [3.63, 3.8) is 0 Å². The molecule has 1 amide bonds. The molecule has 2 aromatic carbocycles. The van der Waals surface area contributed by atoms with Crippen molar-refractivity contribution in [2.24, 2.45) is 5.10 Å². The van der Waals surface area contributed by atoms with Crippen LogP contribution in [0.3, 0.4) is 0 Å². The maximum atomic E-state index is 12.9. The molecule has 6 nitrogen and oxygen atoms in total. The number of hydrazone groups is 1. The number of benzene rings is 2. The van der Waals surface area contributed by atoms with E-state index in [0.29, 0.717) is 27.7 Å². The number of hydrogen-bond donors (Lipinski definition) is 1. The summed E-state index contributed by atoms with van der Waals surface area (Å²) in [7, 11) is 1.56. The van der Waals surface area contributed by atoms with Gasteiger partial charge in [-0.1, -0.05) is 11.6 Å². The van der Waals surface area contributed by atoms with Gasteiger partial charge in [0.1, 0.15) is 5.75 Å². The minimum absolute atomic E-state index is 0.0546. The fourth-order valence-corrected chi connectivity index (χ4v) is 2.29. The molecule has 7 heteroatoms. The van der Waals surface area contributed by atoms with Gasteiger partial charge in [-0.2, -0.15) is 10.1 Å². The monoisotopic (exact) mass is 374 g/mol. The molecule has 0 aromatic heterocycles. The smallest absolute Gasteiger partial charge is 0.303 e. The van der Waals surface area contributed by atoms with Crippen molar-refractivity contribution in [1.29, 1.82) is 0 Å². The Morgan fingerprint density at radius 2 is 1.69 bits per heavy atom. The lowest BCUT2D eigenvalue weighted by Crippen LogP contribution is -2.26. The molecule has 0 aliphatic carbocycles. The highest BCUT2D eigenvalue weighted by Crippen LogP contribution is 2.22. The lowest BCUT2D eigenvalue weighted by Gasteiger charge is -2.19. The number of aliphatic carboxylic acids is 1. The molecule has 2 aromatic rings. The fourth-order valence-electron chi connectivity index (χ4n) is 2.17. The summed E-state index contributed by atoms with van der Waals surface area (Å²) in [5.41, 5.74) is 1.49. The van der Waals surface area contributed by atoms with E-state index < -0.39 is 5.97 Å². The number of carbonyl (C=O) groups excluding carboxylic acids is 1. The van der Waals surface area contributed by atoms with Gasteiger partial charge in [0.2, 0.25) is 0 Å². The predicted octanol–water partition coefficient (Wildman–Crippen LogP) is 4.24. The van der Waals surface area contributed by atoms with E-state index in [2.05, 4.69) is 5.10 Å². The first kappa shape index (κ1) is 19.5.